The van der Waals surface area contributed by atoms with Crippen LogP contribution in [-0.2, 0) is 11.2 Å². The fourth-order valence-electron chi connectivity index (χ4n) is 3.19. The lowest BCUT2D eigenvalue weighted by molar-refractivity contribution is -0.126. The minimum absolute atomic E-state index is 0.00243. The van der Waals surface area contributed by atoms with Gasteiger partial charge in [-0.05, 0) is 43.4 Å². The Balaban J connectivity index is 1.36. The maximum atomic E-state index is 12.3. The maximum absolute atomic E-state index is 12.3. The second kappa shape index (κ2) is 8.51. The van der Waals surface area contributed by atoms with Crippen molar-refractivity contribution in [3.8, 4) is 0 Å². The number of carbonyl (C=O) groups is 2. The van der Waals surface area contributed by atoms with Gasteiger partial charge in [-0.1, -0.05) is 30.3 Å². The van der Waals surface area contributed by atoms with Gasteiger partial charge in [0.2, 0.25) is 5.91 Å². The van der Waals surface area contributed by atoms with Crippen molar-refractivity contribution in [2.45, 2.75) is 25.7 Å². The third-order valence-corrected chi connectivity index (χ3v) is 4.67. The first-order valence-corrected chi connectivity index (χ1v) is 8.88. The summed E-state index contributed by atoms with van der Waals surface area (Å²) >= 11 is 0. The van der Waals surface area contributed by atoms with E-state index in [1.807, 2.05) is 18.2 Å². The maximum Gasteiger partial charge on any atom is 0.289 e. The highest BCUT2D eigenvalue weighted by Gasteiger charge is 2.28. The number of piperidine rings is 1. The van der Waals surface area contributed by atoms with Gasteiger partial charge in [0.15, 0.2) is 5.76 Å². The lowest BCUT2D eigenvalue weighted by Gasteiger charge is -2.30. The fraction of sp³-hybridized carbons (Fsp3) is 0.400. The lowest BCUT2D eigenvalue weighted by Crippen LogP contribution is -2.43. The van der Waals surface area contributed by atoms with Gasteiger partial charge in [0.05, 0.1) is 6.26 Å². The van der Waals surface area contributed by atoms with Crippen molar-refractivity contribution in [1.29, 1.82) is 0 Å². The Morgan fingerprint density at radius 3 is 2.52 bits per heavy atom. The highest BCUT2D eigenvalue weighted by Crippen LogP contribution is 2.19. The highest BCUT2D eigenvalue weighted by molar-refractivity contribution is 5.91. The average Bonchev–Trinajstić information content (AvgIpc) is 3.20. The summed E-state index contributed by atoms with van der Waals surface area (Å²) in [6.07, 6.45) is 4.82. The van der Waals surface area contributed by atoms with Gasteiger partial charge in [0.1, 0.15) is 0 Å². The summed E-state index contributed by atoms with van der Waals surface area (Å²) < 4.78 is 5.15. The third kappa shape index (κ3) is 4.72. The number of benzene rings is 1. The number of carbonyl (C=O) groups excluding carboxylic acids is 2. The summed E-state index contributed by atoms with van der Waals surface area (Å²) in [7, 11) is 0. The van der Waals surface area contributed by atoms with Crippen LogP contribution in [0.3, 0.4) is 0 Å². The number of amides is 2. The van der Waals surface area contributed by atoms with Crippen molar-refractivity contribution in [1.82, 2.24) is 10.2 Å². The molecule has 1 aliphatic heterocycles. The summed E-state index contributed by atoms with van der Waals surface area (Å²) in [6, 6.07) is 13.7. The molecule has 1 aromatic carbocycles. The van der Waals surface area contributed by atoms with Gasteiger partial charge in [-0.2, -0.15) is 0 Å². The molecule has 25 heavy (non-hydrogen) atoms. The van der Waals surface area contributed by atoms with Crippen LogP contribution >= 0.6 is 0 Å². The topological polar surface area (TPSA) is 62.6 Å². The average molecular weight is 340 g/mol. The summed E-state index contributed by atoms with van der Waals surface area (Å²) in [5.41, 5.74) is 1.29. The number of nitrogens with zero attached hydrogens (tertiary/aromatic N) is 1. The van der Waals surface area contributed by atoms with Crippen LogP contribution in [0.25, 0.3) is 0 Å². The Hall–Kier alpha value is -2.56. The van der Waals surface area contributed by atoms with Crippen molar-refractivity contribution >= 4 is 11.8 Å². The van der Waals surface area contributed by atoms with Crippen LogP contribution in [0.15, 0.2) is 53.1 Å². The van der Waals surface area contributed by atoms with E-state index in [4.69, 9.17) is 4.42 Å². The molecule has 5 heteroatoms. The number of likely N-dealkylation sites (tertiary alicyclic amines) is 1. The first-order valence-electron chi connectivity index (χ1n) is 8.88. The second-order valence-electron chi connectivity index (χ2n) is 6.42. The molecule has 3 rings (SSSR count). The van der Waals surface area contributed by atoms with Crippen molar-refractivity contribution in [3.63, 3.8) is 0 Å². The number of nitrogens with one attached hydrogen (secondary N) is 1. The molecule has 0 unspecified atom stereocenters. The summed E-state index contributed by atoms with van der Waals surface area (Å²) in [5.74, 6) is 0.381. The predicted molar refractivity (Wildman–Crippen MR) is 95.1 cm³/mol. The Kier molecular flexibility index (Phi) is 5.88. The molecule has 2 heterocycles. The molecule has 1 aliphatic rings. The first-order chi connectivity index (χ1) is 12.2. The van der Waals surface area contributed by atoms with Crippen LogP contribution < -0.4 is 5.32 Å². The molecule has 1 N–H and O–H groups in total. The van der Waals surface area contributed by atoms with Gasteiger partial charge in [-0.15, -0.1) is 0 Å². The number of hydrogen-bond donors (Lipinski definition) is 1. The van der Waals surface area contributed by atoms with E-state index < -0.39 is 0 Å². The van der Waals surface area contributed by atoms with E-state index in [1.165, 1.54) is 11.8 Å². The van der Waals surface area contributed by atoms with Crippen LogP contribution in [0.2, 0.25) is 0 Å². The molecular formula is C20H24N2O3. The van der Waals surface area contributed by atoms with Gasteiger partial charge in [-0.3, -0.25) is 9.59 Å². The molecule has 1 fully saturated rings. The van der Waals surface area contributed by atoms with Crippen LogP contribution in [0.1, 0.15) is 35.4 Å². The largest absolute Gasteiger partial charge is 0.459 e. The molecule has 0 bridgehead atoms. The number of rotatable bonds is 6. The molecule has 5 nitrogen and oxygen atoms in total. The van der Waals surface area contributed by atoms with E-state index in [2.05, 4.69) is 17.4 Å². The van der Waals surface area contributed by atoms with E-state index in [9.17, 15) is 9.59 Å². The molecule has 2 aromatic rings. The van der Waals surface area contributed by atoms with Crippen molar-refractivity contribution < 1.29 is 14.0 Å². The van der Waals surface area contributed by atoms with Gasteiger partial charge >= 0.3 is 0 Å². The van der Waals surface area contributed by atoms with Gasteiger partial charge in [-0.25, -0.2) is 0 Å². The highest BCUT2D eigenvalue weighted by atomic mass is 16.3. The van der Waals surface area contributed by atoms with Crippen LogP contribution in [0, 0.1) is 5.92 Å². The Morgan fingerprint density at radius 1 is 1.08 bits per heavy atom. The van der Waals surface area contributed by atoms with Crippen molar-refractivity contribution in [2.24, 2.45) is 5.92 Å². The molecule has 0 aliphatic carbocycles. The van der Waals surface area contributed by atoms with Gasteiger partial charge in [0.25, 0.3) is 5.91 Å². The van der Waals surface area contributed by atoms with Crippen molar-refractivity contribution in [2.75, 3.05) is 19.6 Å². The zero-order valence-corrected chi connectivity index (χ0v) is 14.3. The smallest absolute Gasteiger partial charge is 0.289 e. The lowest BCUT2D eigenvalue weighted by atomic mass is 9.95. The zero-order valence-electron chi connectivity index (χ0n) is 14.3. The number of aryl methyl sites for hydroxylation is 1. The van der Waals surface area contributed by atoms with Crippen LogP contribution in [-0.4, -0.2) is 36.3 Å². The van der Waals surface area contributed by atoms with Gasteiger partial charge in [0, 0.05) is 25.6 Å². The van der Waals surface area contributed by atoms with Gasteiger partial charge < -0.3 is 14.6 Å². The Bertz CT molecular complexity index is 674. The summed E-state index contributed by atoms with van der Waals surface area (Å²) in [6.45, 7) is 1.89. The van der Waals surface area contributed by atoms with E-state index in [0.717, 1.165) is 12.8 Å². The summed E-state index contributed by atoms with van der Waals surface area (Å²) in [5, 5.41) is 3.03. The first kappa shape index (κ1) is 17.3. The van der Waals surface area contributed by atoms with Crippen molar-refractivity contribution in [3.05, 3.63) is 60.1 Å². The Labute approximate surface area is 148 Å². The van der Waals surface area contributed by atoms with Crippen LogP contribution in [0.4, 0.5) is 0 Å². The molecule has 0 spiro atoms. The standard InChI is InChI=1S/C20H24N2O3/c23-19(21-12-4-8-16-6-2-1-3-7-16)17-10-13-22(14-11-17)20(24)18-9-5-15-25-18/h1-3,5-7,9,15,17H,4,8,10-14H2,(H,21,23). The van der Waals surface area contributed by atoms with E-state index in [-0.39, 0.29) is 17.7 Å². The van der Waals surface area contributed by atoms with E-state index in [1.54, 1.807) is 17.0 Å². The second-order valence-corrected chi connectivity index (χ2v) is 6.42. The van der Waals surface area contributed by atoms with Crippen LogP contribution in [0.5, 0.6) is 0 Å². The number of furan rings is 1. The monoisotopic (exact) mass is 340 g/mol. The third-order valence-electron chi connectivity index (χ3n) is 4.67. The Morgan fingerprint density at radius 2 is 1.84 bits per heavy atom. The summed E-state index contributed by atoms with van der Waals surface area (Å²) in [4.78, 5) is 26.3. The SMILES string of the molecule is O=C(NCCCc1ccccc1)C1CCN(C(=O)c2ccco2)CC1. The normalized spacial score (nSPS) is 15.1. The molecule has 1 saturated heterocycles. The number of hydrogen-bond acceptors (Lipinski definition) is 3. The molecule has 0 atom stereocenters. The molecule has 1 aromatic heterocycles. The quantitative estimate of drug-likeness (QED) is 0.823. The molecule has 2 amide bonds. The molecule has 0 saturated carbocycles. The minimum Gasteiger partial charge on any atom is -0.459 e. The fourth-order valence-corrected chi connectivity index (χ4v) is 3.19. The molecule has 0 radical (unpaired) electrons. The molecule has 132 valence electrons. The molecular weight excluding hydrogens is 316 g/mol. The van der Waals surface area contributed by atoms with E-state index in [0.29, 0.717) is 38.2 Å². The predicted octanol–water partition coefficient (Wildman–Crippen LogP) is 2.88. The minimum atomic E-state index is -0.0910. The zero-order chi connectivity index (χ0) is 17.5. The van der Waals surface area contributed by atoms with E-state index >= 15 is 0 Å².